The molecule has 122 valence electrons. The standard InChI is InChI=1S/C19H20N4O/c1-13-19(14(2)23(3)22-13)16-9-10-17(20-12-16)21-18(24)11-15-7-5-4-6-8-15/h4-10,12H,11H2,1-3H3,(H,20,21,24). The second-order valence-corrected chi connectivity index (χ2v) is 5.81. The Balaban J connectivity index is 1.72. The quantitative estimate of drug-likeness (QED) is 0.802. The molecule has 0 atom stereocenters. The molecule has 0 aliphatic heterocycles. The smallest absolute Gasteiger partial charge is 0.229 e. The van der Waals surface area contributed by atoms with Crippen LogP contribution in [-0.2, 0) is 18.3 Å². The van der Waals surface area contributed by atoms with E-state index >= 15 is 0 Å². The van der Waals surface area contributed by atoms with Crippen molar-refractivity contribution in [1.82, 2.24) is 14.8 Å². The van der Waals surface area contributed by atoms with Crippen molar-refractivity contribution in [2.45, 2.75) is 20.3 Å². The zero-order valence-electron chi connectivity index (χ0n) is 14.1. The summed E-state index contributed by atoms with van der Waals surface area (Å²) in [5.74, 6) is 0.481. The van der Waals surface area contributed by atoms with E-state index in [1.54, 1.807) is 6.20 Å². The summed E-state index contributed by atoms with van der Waals surface area (Å²) in [5, 5.41) is 7.26. The van der Waals surface area contributed by atoms with E-state index < -0.39 is 0 Å². The fourth-order valence-corrected chi connectivity index (χ4v) is 2.78. The molecule has 3 aromatic rings. The lowest BCUT2D eigenvalue weighted by atomic mass is 10.1. The predicted molar refractivity (Wildman–Crippen MR) is 94.7 cm³/mol. The Labute approximate surface area is 141 Å². The fraction of sp³-hybridized carbons (Fsp3) is 0.211. The van der Waals surface area contributed by atoms with Crippen LogP contribution in [0.3, 0.4) is 0 Å². The van der Waals surface area contributed by atoms with Crippen LogP contribution in [0.5, 0.6) is 0 Å². The molecular formula is C19H20N4O. The van der Waals surface area contributed by atoms with Gasteiger partial charge in [0.25, 0.3) is 0 Å². The Morgan fingerprint density at radius 2 is 1.88 bits per heavy atom. The molecular weight excluding hydrogens is 300 g/mol. The first kappa shape index (κ1) is 15.9. The molecule has 0 saturated carbocycles. The van der Waals surface area contributed by atoms with Gasteiger partial charge in [-0.25, -0.2) is 4.98 Å². The number of aromatic nitrogens is 3. The zero-order valence-corrected chi connectivity index (χ0v) is 14.1. The Bertz CT molecular complexity index is 851. The van der Waals surface area contributed by atoms with Gasteiger partial charge < -0.3 is 5.32 Å². The first-order valence-electron chi connectivity index (χ1n) is 7.85. The lowest BCUT2D eigenvalue weighted by Gasteiger charge is -2.06. The van der Waals surface area contributed by atoms with Crippen molar-refractivity contribution in [3.05, 3.63) is 65.6 Å². The van der Waals surface area contributed by atoms with Crippen molar-refractivity contribution in [3.8, 4) is 11.1 Å². The highest BCUT2D eigenvalue weighted by atomic mass is 16.1. The van der Waals surface area contributed by atoms with Gasteiger partial charge in [-0.1, -0.05) is 30.3 Å². The van der Waals surface area contributed by atoms with E-state index in [1.807, 2.05) is 68.0 Å². The van der Waals surface area contributed by atoms with Crippen LogP contribution >= 0.6 is 0 Å². The SMILES string of the molecule is Cc1nn(C)c(C)c1-c1ccc(NC(=O)Cc2ccccc2)nc1. The van der Waals surface area contributed by atoms with Crippen LogP contribution in [0.2, 0.25) is 0 Å². The minimum atomic E-state index is -0.0739. The molecule has 3 rings (SSSR count). The second kappa shape index (κ2) is 6.66. The number of hydrogen-bond acceptors (Lipinski definition) is 3. The number of anilines is 1. The van der Waals surface area contributed by atoms with E-state index in [9.17, 15) is 4.79 Å². The Morgan fingerprint density at radius 1 is 1.12 bits per heavy atom. The van der Waals surface area contributed by atoms with Crippen LogP contribution in [0.25, 0.3) is 11.1 Å². The lowest BCUT2D eigenvalue weighted by molar-refractivity contribution is -0.115. The third-order valence-electron chi connectivity index (χ3n) is 4.04. The zero-order chi connectivity index (χ0) is 17.1. The summed E-state index contributed by atoms with van der Waals surface area (Å²) in [5.41, 5.74) is 5.13. The molecule has 0 bridgehead atoms. The molecule has 0 fully saturated rings. The summed E-state index contributed by atoms with van der Waals surface area (Å²) in [6, 6.07) is 13.4. The van der Waals surface area contributed by atoms with E-state index in [-0.39, 0.29) is 5.91 Å². The van der Waals surface area contributed by atoms with Crippen LogP contribution in [0.15, 0.2) is 48.7 Å². The maximum absolute atomic E-state index is 12.1. The molecule has 5 heteroatoms. The molecule has 0 aliphatic rings. The summed E-state index contributed by atoms with van der Waals surface area (Å²) < 4.78 is 1.86. The molecule has 0 saturated heterocycles. The summed E-state index contributed by atoms with van der Waals surface area (Å²) >= 11 is 0. The number of hydrogen-bond donors (Lipinski definition) is 1. The van der Waals surface area contributed by atoms with Gasteiger partial charge in [0.2, 0.25) is 5.91 Å². The maximum Gasteiger partial charge on any atom is 0.229 e. The van der Waals surface area contributed by atoms with Gasteiger partial charge in [-0.15, -0.1) is 0 Å². The third-order valence-corrected chi connectivity index (χ3v) is 4.04. The summed E-state index contributed by atoms with van der Waals surface area (Å²) in [7, 11) is 1.93. The summed E-state index contributed by atoms with van der Waals surface area (Å²) in [6.45, 7) is 4.02. The molecule has 1 N–H and O–H groups in total. The van der Waals surface area contributed by atoms with Crippen molar-refractivity contribution in [2.24, 2.45) is 7.05 Å². The first-order valence-corrected chi connectivity index (χ1v) is 7.85. The molecule has 2 aromatic heterocycles. The minimum Gasteiger partial charge on any atom is -0.310 e. The van der Waals surface area contributed by atoms with Gasteiger partial charge in [-0.05, 0) is 31.5 Å². The monoisotopic (exact) mass is 320 g/mol. The van der Waals surface area contributed by atoms with E-state index in [0.717, 1.165) is 28.1 Å². The Kier molecular flexibility index (Phi) is 4.42. The topological polar surface area (TPSA) is 59.8 Å². The highest BCUT2D eigenvalue weighted by Crippen LogP contribution is 2.26. The Hall–Kier alpha value is -2.95. The molecule has 2 heterocycles. The van der Waals surface area contributed by atoms with Gasteiger partial charge in [-0.3, -0.25) is 9.48 Å². The molecule has 0 radical (unpaired) electrons. The van der Waals surface area contributed by atoms with Crippen molar-refractivity contribution in [2.75, 3.05) is 5.32 Å². The minimum absolute atomic E-state index is 0.0739. The number of nitrogens with zero attached hydrogens (tertiary/aromatic N) is 3. The van der Waals surface area contributed by atoms with Crippen LogP contribution in [0.4, 0.5) is 5.82 Å². The van der Waals surface area contributed by atoms with Crippen molar-refractivity contribution >= 4 is 11.7 Å². The van der Waals surface area contributed by atoms with Gasteiger partial charge >= 0.3 is 0 Å². The number of carbonyl (C=O) groups excluding carboxylic acids is 1. The molecule has 24 heavy (non-hydrogen) atoms. The molecule has 0 unspecified atom stereocenters. The number of pyridine rings is 1. The number of rotatable bonds is 4. The number of aryl methyl sites for hydroxylation is 2. The highest BCUT2D eigenvalue weighted by Gasteiger charge is 2.12. The highest BCUT2D eigenvalue weighted by molar-refractivity contribution is 5.91. The average Bonchev–Trinajstić information content (AvgIpc) is 2.82. The molecule has 1 amide bonds. The number of benzene rings is 1. The Morgan fingerprint density at radius 3 is 2.46 bits per heavy atom. The number of amides is 1. The predicted octanol–water partition coefficient (Wildman–Crippen LogP) is 3.28. The molecule has 0 aliphatic carbocycles. The summed E-state index contributed by atoms with van der Waals surface area (Å²) in [6.07, 6.45) is 2.11. The van der Waals surface area contributed by atoms with Crippen molar-refractivity contribution in [3.63, 3.8) is 0 Å². The third kappa shape index (κ3) is 3.35. The van der Waals surface area contributed by atoms with Crippen molar-refractivity contribution < 1.29 is 4.79 Å². The van der Waals surface area contributed by atoms with Gasteiger partial charge in [0, 0.05) is 30.1 Å². The largest absolute Gasteiger partial charge is 0.310 e. The van der Waals surface area contributed by atoms with E-state index in [0.29, 0.717) is 12.2 Å². The van der Waals surface area contributed by atoms with Crippen LogP contribution in [0, 0.1) is 13.8 Å². The van der Waals surface area contributed by atoms with E-state index in [4.69, 9.17) is 0 Å². The maximum atomic E-state index is 12.1. The number of nitrogens with one attached hydrogen (secondary N) is 1. The van der Waals surface area contributed by atoms with Gasteiger partial charge in [-0.2, -0.15) is 5.10 Å². The molecule has 0 spiro atoms. The van der Waals surface area contributed by atoms with Crippen LogP contribution in [0.1, 0.15) is 17.0 Å². The van der Waals surface area contributed by atoms with Crippen molar-refractivity contribution in [1.29, 1.82) is 0 Å². The van der Waals surface area contributed by atoms with E-state index in [1.165, 1.54) is 0 Å². The van der Waals surface area contributed by atoms with Gasteiger partial charge in [0.1, 0.15) is 5.82 Å². The van der Waals surface area contributed by atoms with Gasteiger partial charge in [0.05, 0.1) is 12.1 Å². The normalized spacial score (nSPS) is 10.6. The van der Waals surface area contributed by atoms with Crippen LogP contribution < -0.4 is 5.32 Å². The fourth-order valence-electron chi connectivity index (χ4n) is 2.78. The second-order valence-electron chi connectivity index (χ2n) is 5.81. The molecule has 5 nitrogen and oxygen atoms in total. The van der Waals surface area contributed by atoms with Crippen LogP contribution in [-0.4, -0.2) is 20.7 Å². The number of carbonyl (C=O) groups is 1. The van der Waals surface area contributed by atoms with E-state index in [2.05, 4.69) is 15.4 Å². The first-order chi connectivity index (χ1) is 11.5. The summed E-state index contributed by atoms with van der Waals surface area (Å²) in [4.78, 5) is 16.4. The molecule has 1 aromatic carbocycles. The average molecular weight is 320 g/mol. The van der Waals surface area contributed by atoms with Gasteiger partial charge in [0.15, 0.2) is 0 Å². The lowest BCUT2D eigenvalue weighted by Crippen LogP contribution is -2.15.